The maximum absolute atomic E-state index is 12.0. The topological polar surface area (TPSA) is 72.5 Å². The Hall–Kier alpha value is -3.56. The van der Waals surface area contributed by atoms with Gasteiger partial charge in [-0.05, 0) is 71.2 Å². The largest absolute Gasteiger partial charge is 0.489 e. The number of hydrogen-bond acceptors (Lipinski definition) is 5. The summed E-state index contributed by atoms with van der Waals surface area (Å²) in [6.45, 7) is 4.34. The third-order valence-corrected chi connectivity index (χ3v) is 6.24. The summed E-state index contributed by atoms with van der Waals surface area (Å²) in [4.78, 5) is 12.0. The van der Waals surface area contributed by atoms with Crippen LogP contribution >= 0.6 is 15.9 Å². The number of nitriles is 1. The number of hydrogen-bond donors (Lipinski definition) is 0. The van der Waals surface area contributed by atoms with Crippen LogP contribution in [0.3, 0.4) is 0 Å². The van der Waals surface area contributed by atoms with Gasteiger partial charge in [0.25, 0.3) is 0 Å². The summed E-state index contributed by atoms with van der Waals surface area (Å²) in [6, 6.07) is 21.1. The minimum atomic E-state index is -0.285. The Bertz CT molecular complexity index is 1370. The molecule has 0 N–H and O–H groups in total. The van der Waals surface area contributed by atoms with Crippen molar-refractivity contribution in [1.29, 1.82) is 5.26 Å². The maximum Gasteiger partial charge on any atom is 0.310 e. The molecule has 0 spiro atoms. The highest BCUT2D eigenvalue weighted by Gasteiger charge is 2.17. The van der Waals surface area contributed by atoms with Gasteiger partial charge in [-0.25, -0.2) is 0 Å². The lowest BCUT2D eigenvalue weighted by Crippen LogP contribution is -2.09. The van der Waals surface area contributed by atoms with E-state index >= 15 is 0 Å². The van der Waals surface area contributed by atoms with Crippen molar-refractivity contribution in [1.82, 2.24) is 0 Å². The van der Waals surface area contributed by atoms with Gasteiger partial charge in [-0.15, -0.1) is 0 Å². The zero-order valence-corrected chi connectivity index (χ0v) is 19.9. The van der Waals surface area contributed by atoms with Crippen LogP contribution in [-0.4, -0.2) is 12.6 Å². The quantitative estimate of drug-likeness (QED) is 0.261. The summed E-state index contributed by atoms with van der Waals surface area (Å²) in [5.74, 6) is 1.13. The molecule has 0 saturated carbocycles. The molecular formula is C27H22BrNO4. The minimum absolute atomic E-state index is 0.154. The summed E-state index contributed by atoms with van der Waals surface area (Å²) in [5, 5.41) is 10.3. The molecule has 0 atom stereocenters. The smallest absolute Gasteiger partial charge is 0.310 e. The Balaban J connectivity index is 1.69. The highest BCUT2D eigenvalue weighted by Crippen LogP contribution is 2.38. The van der Waals surface area contributed by atoms with Gasteiger partial charge < -0.3 is 13.9 Å². The van der Waals surface area contributed by atoms with Crippen LogP contribution in [0.1, 0.15) is 29.4 Å². The van der Waals surface area contributed by atoms with E-state index in [1.54, 1.807) is 13.0 Å². The van der Waals surface area contributed by atoms with Crippen molar-refractivity contribution in [2.75, 3.05) is 6.61 Å². The van der Waals surface area contributed by atoms with Gasteiger partial charge in [0.05, 0.1) is 29.1 Å². The third kappa shape index (κ3) is 4.94. The van der Waals surface area contributed by atoms with Gasteiger partial charge in [0.15, 0.2) is 0 Å². The average Bonchev–Trinajstić information content (AvgIpc) is 3.11. The number of halogens is 1. The highest BCUT2D eigenvalue weighted by atomic mass is 79.9. The van der Waals surface area contributed by atoms with Crippen LogP contribution in [0.2, 0.25) is 0 Å². The maximum atomic E-state index is 12.0. The second kappa shape index (κ2) is 9.93. The highest BCUT2D eigenvalue weighted by molar-refractivity contribution is 9.10. The number of ether oxygens (including phenoxy) is 2. The number of para-hydroxylation sites is 1. The van der Waals surface area contributed by atoms with E-state index in [0.717, 1.165) is 43.5 Å². The molecule has 4 rings (SSSR count). The molecule has 5 nitrogen and oxygen atoms in total. The van der Waals surface area contributed by atoms with Gasteiger partial charge in [0.2, 0.25) is 0 Å². The molecular weight excluding hydrogens is 482 g/mol. The molecule has 0 aliphatic heterocycles. The fourth-order valence-electron chi connectivity index (χ4n) is 3.72. The first-order chi connectivity index (χ1) is 16.0. The first-order valence-corrected chi connectivity index (χ1v) is 11.4. The molecule has 0 radical (unpaired) electrons. The SMILES string of the molecule is CCOC(=O)Cc1ccccc1OCc1cc(-c2cccc(C#N)c2)c2oc(C)c(Br)c2c1. The molecule has 0 bridgehead atoms. The van der Waals surface area contributed by atoms with E-state index in [1.165, 1.54) is 0 Å². The summed E-state index contributed by atoms with van der Waals surface area (Å²) in [6.07, 6.45) is 0.154. The van der Waals surface area contributed by atoms with Gasteiger partial charge in [-0.2, -0.15) is 5.26 Å². The summed E-state index contributed by atoms with van der Waals surface area (Å²) in [5.41, 5.74) is 4.83. The van der Waals surface area contributed by atoms with Gasteiger partial charge >= 0.3 is 5.97 Å². The molecule has 0 saturated heterocycles. The molecule has 1 aromatic heterocycles. The van der Waals surface area contributed by atoms with Gasteiger partial charge in [0.1, 0.15) is 23.7 Å². The van der Waals surface area contributed by atoms with E-state index in [4.69, 9.17) is 13.9 Å². The van der Waals surface area contributed by atoms with Gasteiger partial charge in [-0.1, -0.05) is 30.3 Å². The number of benzene rings is 3. The molecule has 0 fully saturated rings. The number of esters is 1. The lowest BCUT2D eigenvalue weighted by molar-refractivity contribution is -0.142. The van der Waals surface area contributed by atoms with Crippen LogP contribution < -0.4 is 4.74 Å². The van der Waals surface area contributed by atoms with Crippen molar-refractivity contribution in [3.63, 3.8) is 0 Å². The van der Waals surface area contributed by atoms with Crippen molar-refractivity contribution < 1.29 is 18.7 Å². The zero-order valence-electron chi connectivity index (χ0n) is 18.4. The zero-order chi connectivity index (χ0) is 23.4. The molecule has 6 heteroatoms. The molecule has 0 amide bonds. The number of carbonyl (C=O) groups excluding carboxylic acids is 1. The van der Waals surface area contributed by atoms with Gasteiger partial charge in [0, 0.05) is 16.5 Å². The van der Waals surface area contributed by atoms with E-state index in [9.17, 15) is 10.1 Å². The standard InChI is InChI=1S/C27H22BrNO4/c1-3-31-25(30)14-21-8-4-5-10-24(21)32-16-19-12-22(20-9-6-7-18(11-20)15-29)27-23(13-19)26(28)17(2)33-27/h4-13H,3,14,16H2,1-2H3. The molecule has 33 heavy (non-hydrogen) atoms. The fraction of sp³-hybridized carbons (Fsp3) is 0.185. The van der Waals surface area contributed by atoms with Crippen molar-refractivity contribution in [3.8, 4) is 22.9 Å². The number of rotatable bonds is 7. The Kier molecular flexibility index (Phi) is 6.81. The van der Waals surface area contributed by atoms with Crippen molar-refractivity contribution in [3.05, 3.63) is 87.6 Å². The molecule has 4 aromatic rings. The first kappa shape index (κ1) is 22.6. The first-order valence-electron chi connectivity index (χ1n) is 10.6. The van der Waals surface area contributed by atoms with Crippen molar-refractivity contribution in [2.24, 2.45) is 0 Å². The normalized spacial score (nSPS) is 10.7. The van der Waals surface area contributed by atoms with Crippen LogP contribution in [0.15, 0.2) is 69.6 Å². The monoisotopic (exact) mass is 503 g/mol. The van der Waals surface area contributed by atoms with E-state index in [0.29, 0.717) is 24.5 Å². The summed E-state index contributed by atoms with van der Waals surface area (Å²) >= 11 is 3.63. The van der Waals surface area contributed by atoms with Crippen LogP contribution in [0, 0.1) is 18.3 Å². The summed E-state index contributed by atoms with van der Waals surface area (Å²) in [7, 11) is 0. The van der Waals surface area contributed by atoms with E-state index in [-0.39, 0.29) is 12.4 Å². The molecule has 0 aliphatic carbocycles. The minimum Gasteiger partial charge on any atom is -0.489 e. The second-order valence-electron chi connectivity index (χ2n) is 7.56. The predicted molar refractivity (Wildman–Crippen MR) is 130 cm³/mol. The lowest BCUT2D eigenvalue weighted by Gasteiger charge is -2.13. The van der Waals surface area contributed by atoms with E-state index in [2.05, 4.69) is 22.0 Å². The molecule has 166 valence electrons. The van der Waals surface area contributed by atoms with Crippen molar-refractivity contribution >= 4 is 32.9 Å². The Labute approximate surface area is 200 Å². The second-order valence-corrected chi connectivity index (χ2v) is 8.36. The fourth-order valence-corrected chi connectivity index (χ4v) is 4.10. The molecule has 0 aliphatic rings. The lowest BCUT2D eigenvalue weighted by atomic mass is 9.99. The van der Waals surface area contributed by atoms with Crippen LogP contribution in [0.5, 0.6) is 5.75 Å². The molecule has 0 unspecified atom stereocenters. The summed E-state index contributed by atoms with van der Waals surface area (Å²) < 4.78 is 18.1. The van der Waals surface area contributed by atoms with Crippen LogP contribution in [-0.2, 0) is 22.6 Å². The Morgan fingerprint density at radius 3 is 2.73 bits per heavy atom. The van der Waals surface area contributed by atoms with Crippen LogP contribution in [0.25, 0.3) is 22.1 Å². The number of nitrogens with zero attached hydrogens (tertiary/aromatic N) is 1. The van der Waals surface area contributed by atoms with Crippen molar-refractivity contribution in [2.45, 2.75) is 26.9 Å². The predicted octanol–water partition coefficient (Wildman–Crippen LogP) is 6.73. The molecule has 3 aromatic carbocycles. The van der Waals surface area contributed by atoms with Crippen LogP contribution in [0.4, 0.5) is 0 Å². The van der Waals surface area contributed by atoms with E-state index < -0.39 is 0 Å². The van der Waals surface area contributed by atoms with Gasteiger partial charge in [-0.3, -0.25) is 4.79 Å². The van der Waals surface area contributed by atoms with E-state index in [1.807, 2.05) is 61.5 Å². The Morgan fingerprint density at radius 2 is 1.94 bits per heavy atom. The molecule has 1 heterocycles. The number of carbonyl (C=O) groups is 1. The third-order valence-electron chi connectivity index (χ3n) is 5.26. The number of aryl methyl sites for hydroxylation is 1. The number of furan rings is 1. The number of fused-ring (bicyclic) bond motifs is 1. The Morgan fingerprint density at radius 1 is 1.12 bits per heavy atom. The average molecular weight is 504 g/mol.